The Morgan fingerprint density at radius 3 is 2.56 bits per heavy atom. The average molecular weight is 332 g/mol. The van der Waals surface area contributed by atoms with Crippen molar-refractivity contribution in [3.8, 4) is 0 Å². The summed E-state index contributed by atoms with van der Waals surface area (Å²) in [6, 6.07) is 9.49. The minimum atomic E-state index is -0.637. The van der Waals surface area contributed by atoms with Gasteiger partial charge in [-0.05, 0) is 46.1 Å². The summed E-state index contributed by atoms with van der Waals surface area (Å²) < 4.78 is 27.5. The molecule has 0 aromatic heterocycles. The van der Waals surface area contributed by atoms with Crippen LogP contribution in [0.4, 0.5) is 8.78 Å². The quantitative estimate of drug-likeness (QED) is 0.650. The van der Waals surface area contributed by atoms with Gasteiger partial charge in [-0.2, -0.15) is 0 Å². The third-order valence-electron chi connectivity index (χ3n) is 2.73. The van der Waals surface area contributed by atoms with E-state index in [-0.39, 0.29) is 11.6 Å². The van der Waals surface area contributed by atoms with E-state index >= 15 is 0 Å². The lowest BCUT2D eigenvalue weighted by Crippen LogP contribution is -1.99. The predicted octanol–water partition coefficient (Wildman–Crippen LogP) is 5.36. The maximum absolute atomic E-state index is 13.9. The summed E-state index contributed by atoms with van der Waals surface area (Å²) >= 11 is 9.37. The number of hydrogen-bond donors (Lipinski definition) is 0. The Morgan fingerprint density at radius 2 is 1.89 bits per heavy atom. The molecule has 0 radical (unpaired) electrons. The van der Waals surface area contributed by atoms with Gasteiger partial charge in [-0.25, -0.2) is 8.78 Å². The molecule has 0 fully saturated rings. The van der Waals surface area contributed by atoms with Gasteiger partial charge in [0.05, 0.1) is 9.85 Å². The fraction of sp³-hybridized carbons (Fsp3) is 0.143. The Morgan fingerprint density at radius 1 is 1.17 bits per heavy atom. The molecule has 0 nitrogen and oxygen atoms in total. The van der Waals surface area contributed by atoms with Crippen LogP contribution >= 0.6 is 27.5 Å². The number of hydrogen-bond acceptors (Lipinski definition) is 0. The number of rotatable bonds is 2. The third-order valence-corrected chi connectivity index (χ3v) is 3.83. The highest BCUT2D eigenvalue weighted by Crippen LogP contribution is 2.33. The van der Waals surface area contributed by atoms with Crippen LogP contribution in [0.1, 0.15) is 22.1 Å². The molecule has 0 bridgehead atoms. The van der Waals surface area contributed by atoms with Crippen molar-refractivity contribution in [2.45, 2.75) is 12.3 Å². The molecule has 4 heteroatoms. The molecule has 0 aliphatic carbocycles. The second-order valence-electron chi connectivity index (χ2n) is 4.01. The van der Waals surface area contributed by atoms with Crippen LogP contribution in [0.3, 0.4) is 0 Å². The smallest absolute Gasteiger partial charge is 0.142 e. The normalized spacial score (nSPS) is 12.5. The Hall–Kier alpha value is -0.930. The first-order chi connectivity index (χ1) is 8.50. The summed E-state index contributed by atoms with van der Waals surface area (Å²) in [5.74, 6) is -0.684. The first-order valence-corrected chi connectivity index (χ1v) is 6.57. The van der Waals surface area contributed by atoms with Crippen LogP contribution in [0.15, 0.2) is 40.9 Å². The highest BCUT2D eigenvalue weighted by molar-refractivity contribution is 9.10. The van der Waals surface area contributed by atoms with Gasteiger partial charge in [0.1, 0.15) is 11.6 Å². The highest BCUT2D eigenvalue weighted by atomic mass is 79.9. The summed E-state index contributed by atoms with van der Waals surface area (Å²) in [5.41, 5.74) is 1.54. The van der Waals surface area contributed by atoms with Crippen molar-refractivity contribution < 1.29 is 8.78 Å². The minimum Gasteiger partial charge on any atom is -0.207 e. The first-order valence-electron chi connectivity index (χ1n) is 5.34. The standard InChI is InChI=1S/C14H10BrClF2/c1-8-7-9(5-6-12(8)17)13(16)10-3-2-4-11(15)14(10)18/h2-7,13H,1H3. The monoisotopic (exact) mass is 330 g/mol. The molecular formula is C14H10BrClF2. The van der Waals surface area contributed by atoms with Gasteiger partial charge in [-0.15, -0.1) is 11.6 Å². The van der Waals surface area contributed by atoms with Crippen LogP contribution in [0.5, 0.6) is 0 Å². The molecule has 2 aromatic rings. The lowest BCUT2D eigenvalue weighted by Gasteiger charge is -2.13. The van der Waals surface area contributed by atoms with Crippen molar-refractivity contribution in [3.63, 3.8) is 0 Å². The van der Waals surface area contributed by atoms with Gasteiger partial charge in [0.15, 0.2) is 0 Å². The lowest BCUT2D eigenvalue weighted by molar-refractivity contribution is 0.604. The summed E-state index contributed by atoms with van der Waals surface area (Å²) in [4.78, 5) is 0. The Labute approximate surface area is 118 Å². The molecule has 0 saturated carbocycles. The van der Waals surface area contributed by atoms with Gasteiger partial charge in [0, 0.05) is 5.56 Å². The number of halogens is 4. The largest absolute Gasteiger partial charge is 0.207 e. The second-order valence-corrected chi connectivity index (χ2v) is 5.30. The van der Waals surface area contributed by atoms with Gasteiger partial charge in [-0.3, -0.25) is 0 Å². The van der Waals surface area contributed by atoms with E-state index in [2.05, 4.69) is 15.9 Å². The van der Waals surface area contributed by atoms with E-state index < -0.39 is 5.38 Å². The average Bonchev–Trinajstić information content (AvgIpc) is 2.35. The summed E-state index contributed by atoms with van der Waals surface area (Å²) in [6.45, 7) is 1.65. The fourth-order valence-corrected chi connectivity index (χ4v) is 2.41. The van der Waals surface area contributed by atoms with Crippen molar-refractivity contribution in [1.82, 2.24) is 0 Å². The summed E-state index contributed by atoms with van der Waals surface area (Å²) in [6.07, 6.45) is 0. The zero-order valence-corrected chi connectivity index (χ0v) is 11.9. The fourth-order valence-electron chi connectivity index (χ4n) is 1.72. The number of alkyl halides is 1. The molecule has 2 rings (SSSR count). The molecule has 0 spiro atoms. The molecule has 0 amide bonds. The maximum atomic E-state index is 13.9. The first kappa shape index (κ1) is 13.5. The molecule has 0 N–H and O–H groups in total. The van der Waals surface area contributed by atoms with Crippen molar-refractivity contribution >= 4 is 27.5 Å². The van der Waals surface area contributed by atoms with Gasteiger partial charge in [-0.1, -0.05) is 24.3 Å². The molecule has 2 aromatic carbocycles. The predicted molar refractivity (Wildman–Crippen MR) is 72.9 cm³/mol. The maximum Gasteiger partial charge on any atom is 0.142 e. The van der Waals surface area contributed by atoms with Crippen LogP contribution < -0.4 is 0 Å². The van der Waals surface area contributed by atoms with E-state index in [4.69, 9.17) is 11.6 Å². The van der Waals surface area contributed by atoms with E-state index in [9.17, 15) is 8.78 Å². The van der Waals surface area contributed by atoms with E-state index in [1.165, 1.54) is 6.07 Å². The number of aryl methyl sites for hydroxylation is 1. The minimum absolute atomic E-state index is 0.294. The van der Waals surface area contributed by atoms with Crippen molar-refractivity contribution in [3.05, 3.63) is 69.2 Å². The molecule has 1 unspecified atom stereocenters. The molecule has 0 saturated heterocycles. The third kappa shape index (κ3) is 2.57. The zero-order chi connectivity index (χ0) is 13.3. The molecule has 94 valence electrons. The van der Waals surface area contributed by atoms with E-state index in [0.29, 0.717) is 21.2 Å². The van der Waals surface area contributed by atoms with Crippen LogP contribution in [-0.2, 0) is 0 Å². The van der Waals surface area contributed by atoms with Gasteiger partial charge in [0.25, 0.3) is 0 Å². The second kappa shape index (κ2) is 5.37. The Balaban J connectivity index is 2.44. The van der Waals surface area contributed by atoms with Crippen molar-refractivity contribution in [1.29, 1.82) is 0 Å². The molecule has 0 heterocycles. The highest BCUT2D eigenvalue weighted by Gasteiger charge is 2.17. The van der Waals surface area contributed by atoms with E-state index in [1.54, 1.807) is 37.3 Å². The SMILES string of the molecule is Cc1cc(C(Cl)c2cccc(Br)c2F)ccc1F. The van der Waals surface area contributed by atoms with Gasteiger partial charge in [0.2, 0.25) is 0 Å². The van der Waals surface area contributed by atoms with Crippen LogP contribution in [0.2, 0.25) is 0 Å². The molecule has 1 atom stereocenters. The van der Waals surface area contributed by atoms with Crippen molar-refractivity contribution in [2.24, 2.45) is 0 Å². The Kier molecular flexibility index (Phi) is 4.03. The molecular weight excluding hydrogens is 322 g/mol. The van der Waals surface area contributed by atoms with Gasteiger partial charge >= 0.3 is 0 Å². The van der Waals surface area contributed by atoms with Gasteiger partial charge < -0.3 is 0 Å². The van der Waals surface area contributed by atoms with Crippen molar-refractivity contribution in [2.75, 3.05) is 0 Å². The molecule has 18 heavy (non-hydrogen) atoms. The van der Waals surface area contributed by atoms with Crippen LogP contribution in [0, 0.1) is 18.6 Å². The topological polar surface area (TPSA) is 0 Å². The lowest BCUT2D eigenvalue weighted by atomic mass is 10.0. The summed E-state index contributed by atoms with van der Waals surface area (Å²) in [7, 11) is 0. The van der Waals surface area contributed by atoms with E-state index in [1.807, 2.05) is 0 Å². The Bertz CT molecular complexity index is 584. The number of benzene rings is 2. The summed E-state index contributed by atoms with van der Waals surface area (Å²) in [5, 5.41) is -0.637. The van der Waals surface area contributed by atoms with Crippen LogP contribution in [-0.4, -0.2) is 0 Å². The van der Waals surface area contributed by atoms with Crippen LogP contribution in [0.25, 0.3) is 0 Å². The molecule has 0 aliphatic heterocycles. The molecule has 0 aliphatic rings. The zero-order valence-electron chi connectivity index (χ0n) is 9.55. The van der Waals surface area contributed by atoms with E-state index in [0.717, 1.165) is 0 Å².